The molecule has 1 atom stereocenters. The topological polar surface area (TPSA) is 96.2 Å². The number of carbonyl (C=O) groups excluding carboxylic acids is 1. The van der Waals surface area contributed by atoms with Crippen LogP contribution in [-0.4, -0.2) is 39.5 Å². The first-order chi connectivity index (χ1) is 9.52. The van der Waals surface area contributed by atoms with Crippen LogP contribution < -0.4 is 10.6 Å². The lowest BCUT2D eigenvalue weighted by Gasteiger charge is -2.16. The summed E-state index contributed by atoms with van der Waals surface area (Å²) in [6.45, 7) is 2.44. The molecule has 0 aliphatic carbocycles. The molecule has 1 aromatic heterocycles. The van der Waals surface area contributed by atoms with Crippen LogP contribution in [0.1, 0.15) is 31.9 Å². The van der Waals surface area contributed by atoms with E-state index in [-0.39, 0.29) is 18.5 Å². The number of nitrogens with one attached hydrogen (secondary N) is 2. The van der Waals surface area contributed by atoms with E-state index in [1.165, 1.54) is 0 Å². The molecule has 2 amide bonds. The molecular weight excluding hydrogens is 260 g/mol. The molecule has 1 aromatic rings. The van der Waals surface area contributed by atoms with Crippen molar-refractivity contribution in [2.24, 2.45) is 7.05 Å². The Morgan fingerprint density at radius 2 is 2.25 bits per heavy atom. The Morgan fingerprint density at radius 1 is 1.50 bits per heavy atom. The molecule has 1 unspecified atom stereocenters. The molecule has 7 heteroatoms. The van der Waals surface area contributed by atoms with Gasteiger partial charge in [-0.1, -0.05) is 13.3 Å². The number of hydrogen-bond acceptors (Lipinski definition) is 3. The molecule has 0 bridgehead atoms. The number of amides is 2. The Bertz CT molecular complexity index is 445. The lowest BCUT2D eigenvalue weighted by molar-refractivity contribution is -0.137. The van der Waals surface area contributed by atoms with Crippen LogP contribution in [0.2, 0.25) is 0 Å². The van der Waals surface area contributed by atoms with Crippen molar-refractivity contribution in [2.45, 2.75) is 38.6 Å². The molecule has 0 aliphatic heterocycles. The van der Waals surface area contributed by atoms with Gasteiger partial charge in [0.1, 0.15) is 0 Å². The molecule has 0 spiro atoms. The van der Waals surface area contributed by atoms with Crippen molar-refractivity contribution in [3.63, 3.8) is 0 Å². The lowest BCUT2D eigenvalue weighted by atomic mass is 10.1. The Kier molecular flexibility index (Phi) is 6.55. The maximum atomic E-state index is 11.7. The fourth-order valence-electron chi connectivity index (χ4n) is 1.97. The molecule has 0 aromatic carbocycles. The van der Waals surface area contributed by atoms with Crippen LogP contribution in [0.3, 0.4) is 0 Å². The van der Waals surface area contributed by atoms with Gasteiger partial charge in [0.05, 0.1) is 6.42 Å². The second-order valence-electron chi connectivity index (χ2n) is 4.68. The fourth-order valence-corrected chi connectivity index (χ4v) is 1.97. The first kappa shape index (κ1) is 16.0. The third-order valence-electron chi connectivity index (χ3n) is 2.98. The van der Waals surface area contributed by atoms with E-state index in [1.54, 1.807) is 10.9 Å². The summed E-state index contributed by atoms with van der Waals surface area (Å²) >= 11 is 0. The minimum atomic E-state index is -0.904. The summed E-state index contributed by atoms with van der Waals surface area (Å²) in [5.41, 5.74) is 1.03. The Labute approximate surface area is 118 Å². The van der Waals surface area contributed by atoms with Crippen molar-refractivity contribution in [2.75, 3.05) is 6.54 Å². The average molecular weight is 282 g/mol. The number of urea groups is 1. The quantitative estimate of drug-likeness (QED) is 0.660. The summed E-state index contributed by atoms with van der Waals surface area (Å²) in [5.74, 6) is -0.904. The van der Waals surface area contributed by atoms with Crippen LogP contribution in [0.5, 0.6) is 0 Å². The summed E-state index contributed by atoms with van der Waals surface area (Å²) in [5, 5.41) is 18.2. The summed E-state index contributed by atoms with van der Waals surface area (Å²) in [7, 11) is 1.85. The van der Waals surface area contributed by atoms with E-state index in [2.05, 4.69) is 15.7 Å². The monoisotopic (exact) mass is 282 g/mol. The van der Waals surface area contributed by atoms with Crippen molar-refractivity contribution < 1.29 is 14.7 Å². The van der Waals surface area contributed by atoms with Gasteiger partial charge in [-0.15, -0.1) is 0 Å². The molecule has 7 nitrogen and oxygen atoms in total. The van der Waals surface area contributed by atoms with Crippen molar-refractivity contribution >= 4 is 12.0 Å². The van der Waals surface area contributed by atoms with E-state index < -0.39 is 5.97 Å². The molecule has 0 saturated carbocycles. The third kappa shape index (κ3) is 5.73. The van der Waals surface area contributed by atoms with Gasteiger partial charge in [-0.2, -0.15) is 5.10 Å². The number of carbonyl (C=O) groups is 2. The Balaban J connectivity index is 2.30. The molecule has 0 fully saturated rings. The SMILES string of the molecule is CCCC(CC(=O)O)NC(=O)NCCc1ccnn1C. The van der Waals surface area contributed by atoms with Gasteiger partial charge in [0, 0.05) is 37.9 Å². The molecule has 1 heterocycles. The molecule has 20 heavy (non-hydrogen) atoms. The lowest BCUT2D eigenvalue weighted by Crippen LogP contribution is -2.43. The largest absolute Gasteiger partial charge is 0.481 e. The third-order valence-corrected chi connectivity index (χ3v) is 2.98. The number of rotatable bonds is 8. The predicted molar refractivity (Wildman–Crippen MR) is 74.4 cm³/mol. The standard InChI is InChI=1S/C13H22N4O3/c1-3-4-10(9-12(18)19)16-13(20)14-7-5-11-6-8-15-17(11)2/h6,8,10H,3-5,7,9H2,1-2H3,(H,18,19)(H2,14,16,20). The molecule has 0 radical (unpaired) electrons. The number of carboxylic acid groups (broad SMARTS) is 1. The summed E-state index contributed by atoms with van der Waals surface area (Å²) in [4.78, 5) is 22.4. The molecule has 112 valence electrons. The molecular formula is C13H22N4O3. The summed E-state index contributed by atoms with van der Waals surface area (Å²) in [6, 6.07) is 1.24. The van der Waals surface area contributed by atoms with Crippen LogP contribution in [-0.2, 0) is 18.3 Å². The zero-order valence-corrected chi connectivity index (χ0v) is 11.9. The zero-order valence-electron chi connectivity index (χ0n) is 11.9. The van der Waals surface area contributed by atoms with Crippen LogP contribution in [0.25, 0.3) is 0 Å². The molecule has 1 rings (SSSR count). The Hall–Kier alpha value is -2.05. The molecule has 3 N–H and O–H groups in total. The first-order valence-corrected chi connectivity index (χ1v) is 6.76. The van der Waals surface area contributed by atoms with Crippen molar-refractivity contribution in [3.8, 4) is 0 Å². The predicted octanol–water partition coefficient (Wildman–Crippen LogP) is 0.905. The number of aryl methyl sites for hydroxylation is 1. The minimum Gasteiger partial charge on any atom is -0.481 e. The van der Waals surface area contributed by atoms with Crippen LogP contribution in [0.4, 0.5) is 4.79 Å². The van der Waals surface area contributed by atoms with E-state index in [9.17, 15) is 9.59 Å². The normalized spacial score (nSPS) is 11.9. The smallest absolute Gasteiger partial charge is 0.315 e. The van der Waals surface area contributed by atoms with Crippen molar-refractivity contribution in [1.82, 2.24) is 20.4 Å². The van der Waals surface area contributed by atoms with E-state index in [0.29, 0.717) is 19.4 Å². The van der Waals surface area contributed by atoms with Gasteiger partial charge in [0.2, 0.25) is 0 Å². The van der Waals surface area contributed by atoms with Crippen molar-refractivity contribution in [1.29, 1.82) is 0 Å². The highest BCUT2D eigenvalue weighted by molar-refractivity contribution is 5.75. The number of aliphatic carboxylic acids is 1. The minimum absolute atomic E-state index is 0.0526. The zero-order chi connectivity index (χ0) is 15.0. The van der Waals surface area contributed by atoms with Gasteiger partial charge in [-0.05, 0) is 12.5 Å². The first-order valence-electron chi connectivity index (χ1n) is 6.76. The van der Waals surface area contributed by atoms with E-state index >= 15 is 0 Å². The van der Waals surface area contributed by atoms with Gasteiger partial charge >= 0.3 is 12.0 Å². The van der Waals surface area contributed by atoms with Crippen LogP contribution in [0.15, 0.2) is 12.3 Å². The average Bonchev–Trinajstić information content (AvgIpc) is 2.74. The number of aromatic nitrogens is 2. The molecule has 0 saturated heterocycles. The summed E-state index contributed by atoms with van der Waals surface area (Å²) < 4.78 is 1.75. The van der Waals surface area contributed by atoms with E-state index in [1.807, 2.05) is 20.0 Å². The van der Waals surface area contributed by atoms with E-state index in [0.717, 1.165) is 12.1 Å². The number of nitrogens with zero attached hydrogens (tertiary/aromatic N) is 2. The van der Waals surface area contributed by atoms with Gasteiger partial charge in [-0.3, -0.25) is 9.48 Å². The highest BCUT2D eigenvalue weighted by Crippen LogP contribution is 2.01. The number of hydrogen-bond donors (Lipinski definition) is 3. The highest BCUT2D eigenvalue weighted by atomic mass is 16.4. The maximum Gasteiger partial charge on any atom is 0.315 e. The van der Waals surface area contributed by atoms with Gasteiger partial charge in [-0.25, -0.2) is 4.79 Å². The van der Waals surface area contributed by atoms with Gasteiger partial charge in [0.25, 0.3) is 0 Å². The molecule has 0 aliphatic rings. The second kappa shape index (κ2) is 8.19. The van der Waals surface area contributed by atoms with Crippen molar-refractivity contribution in [3.05, 3.63) is 18.0 Å². The Morgan fingerprint density at radius 3 is 2.80 bits per heavy atom. The van der Waals surface area contributed by atoms with E-state index in [4.69, 9.17) is 5.11 Å². The van der Waals surface area contributed by atoms with Gasteiger partial charge in [0.15, 0.2) is 0 Å². The second-order valence-corrected chi connectivity index (χ2v) is 4.68. The van der Waals surface area contributed by atoms with Crippen LogP contribution >= 0.6 is 0 Å². The number of carboxylic acids is 1. The fraction of sp³-hybridized carbons (Fsp3) is 0.615. The van der Waals surface area contributed by atoms with Crippen LogP contribution in [0, 0.1) is 0 Å². The summed E-state index contributed by atoms with van der Waals surface area (Å²) in [6.07, 6.45) is 3.82. The maximum absolute atomic E-state index is 11.7. The van der Waals surface area contributed by atoms with Gasteiger partial charge < -0.3 is 15.7 Å². The highest BCUT2D eigenvalue weighted by Gasteiger charge is 2.14.